The Balaban J connectivity index is 1.73. The monoisotopic (exact) mass is 424 g/mol. The molecule has 0 saturated carbocycles. The Labute approximate surface area is 165 Å². The molecule has 3 aromatic carbocycles. The van der Waals surface area contributed by atoms with Crippen molar-refractivity contribution in [3.8, 4) is 0 Å². The van der Waals surface area contributed by atoms with Gasteiger partial charge in [-0.25, -0.2) is 0 Å². The molecule has 0 aliphatic heterocycles. The van der Waals surface area contributed by atoms with Gasteiger partial charge in [0.2, 0.25) is 0 Å². The predicted molar refractivity (Wildman–Crippen MR) is 110 cm³/mol. The van der Waals surface area contributed by atoms with Crippen LogP contribution in [0, 0.1) is 6.92 Å². The minimum atomic E-state index is 0.0392. The molecule has 0 radical (unpaired) electrons. The maximum atomic E-state index is 12.6. The number of ketones is 2. The fraction of sp³-hybridized carbons (Fsp3) is 0.0909. The van der Waals surface area contributed by atoms with Gasteiger partial charge in [0.1, 0.15) is 0 Å². The molecule has 0 N–H and O–H groups in total. The topological polar surface area (TPSA) is 34.1 Å². The Morgan fingerprint density at radius 3 is 1.88 bits per heavy atom. The Hall–Kier alpha value is -2.17. The summed E-state index contributed by atoms with van der Waals surface area (Å²) in [5.41, 5.74) is 3.10. The second-order valence-electron chi connectivity index (χ2n) is 5.85. The van der Waals surface area contributed by atoms with Crippen LogP contribution in [0.15, 0.2) is 82.6 Å². The Morgan fingerprint density at radius 2 is 1.35 bits per heavy atom. The van der Waals surface area contributed by atoms with Crippen molar-refractivity contribution < 1.29 is 9.59 Å². The molecule has 0 aliphatic carbocycles. The molecule has 0 spiro atoms. The number of hydrogen-bond donors (Lipinski definition) is 0. The number of Topliss-reactive ketones (excluding diaryl/α,β-unsaturated/α-hetero) is 1. The molecule has 130 valence electrons. The summed E-state index contributed by atoms with van der Waals surface area (Å²) in [6.45, 7) is 1.95. The van der Waals surface area contributed by atoms with Crippen molar-refractivity contribution in [3.05, 3.63) is 95.1 Å². The summed E-state index contributed by atoms with van der Waals surface area (Å²) >= 11 is 4.78. The second-order valence-corrected chi connectivity index (χ2v) is 7.56. The third-order valence-electron chi connectivity index (χ3n) is 4.04. The molecule has 2 nitrogen and oxygen atoms in total. The van der Waals surface area contributed by atoms with Gasteiger partial charge in [-0.05, 0) is 48.9 Å². The van der Waals surface area contributed by atoms with E-state index in [4.69, 9.17) is 0 Å². The Kier molecular flexibility index (Phi) is 6.07. The van der Waals surface area contributed by atoms with Gasteiger partial charge in [0.15, 0.2) is 11.6 Å². The van der Waals surface area contributed by atoms with Gasteiger partial charge in [-0.1, -0.05) is 64.1 Å². The van der Waals surface area contributed by atoms with Crippen molar-refractivity contribution in [1.29, 1.82) is 0 Å². The zero-order valence-corrected chi connectivity index (χ0v) is 16.6. The first-order valence-corrected chi connectivity index (χ1v) is 10.1. The normalized spacial score (nSPS) is 10.5. The summed E-state index contributed by atoms with van der Waals surface area (Å²) in [6, 6.07) is 22.8. The van der Waals surface area contributed by atoms with E-state index in [1.807, 2.05) is 79.7 Å². The number of carbonyl (C=O) groups excluding carboxylic acids is 2. The van der Waals surface area contributed by atoms with Crippen LogP contribution >= 0.6 is 27.7 Å². The van der Waals surface area contributed by atoms with Gasteiger partial charge in [0.25, 0.3) is 0 Å². The van der Waals surface area contributed by atoms with Gasteiger partial charge in [0.05, 0.1) is 5.33 Å². The molecule has 3 aromatic rings. The van der Waals surface area contributed by atoms with Crippen molar-refractivity contribution in [2.75, 3.05) is 5.33 Å². The molecule has 0 saturated heterocycles. The largest absolute Gasteiger partial charge is 0.293 e. The first kappa shape index (κ1) is 18.6. The highest BCUT2D eigenvalue weighted by Gasteiger charge is 2.11. The molecule has 0 aliphatic rings. The first-order valence-electron chi connectivity index (χ1n) is 8.16. The molecule has 0 fully saturated rings. The SMILES string of the molecule is Cc1ccccc1C(=O)c1ccc(Sc2ccc(C(=O)CBr)cc2)cc1. The van der Waals surface area contributed by atoms with Gasteiger partial charge < -0.3 is 0 Å². The van der Waals surface area contributed by atoms with Crippen molar-refractivity contribution in [2.45, 2.75) is 16.7 Å². The fourth-order valence-corrected chi connectivity index (χ4v) is 3.72. The van der Waals surface area contributed by atoms with Gasteiger partial charge in [-0.3, -0.25) is 9.59 Å². The maximum absolute atomic E-state index is 12.6. The van der Waals surface area contributed by atoms with E-state index in [1.165, 1.54) is 0 Å². The van der Waals surface area contributed by atoms with Crippen LogP contribution in [-0.2, 0) is 0 Å². The number of benzene rings is 3. The molecule has 0 bridgehead atoms. The van der Waals surface area contributed by atoms with E-state index in [0.717, 1.165) is 20.9 Å². The predicted octanol–water partition coefficient (Wildman–Crippen LogP) is 5.95. The molecule has 0 amide bonds. The lowest BCUT2D eigenvalue weighted by atomic mass is 9.99. The molecule has 26 heavy (non-hydrogen) atoms. The first-order chi connectivity index (χ1) is 12.6. The molecule has 0 heterocycles. The lowest BCUT2D eigenvalue weighted by Gasteiger charge is -2.06. The van der Waals surface area contributed by atoms with Crippen LogP contribution in [0.25, 0.3) is 0 Å². The molecule has 3 rings (SSSR count). The highest BCUT2D eigenvalue weighted by Crippen LogP contribution is 2.28. The Bertz CT molecular complexity index is 931. The van der Waals surface area contributed by atoms with Crippen LogP contribution in [0.2, 0.25) is 0 Å². The lowest BCUT2D eigenvalue weighted by Crippen LogP contribution is -2.03. The van der Waals surface area contributed by atoms with E-state index in [1.54, 1.807) is 11.8 Å². The molecular weight excluding hydrogens is 408 g/mol. The number of alkyl halides is 1. The van der Waals surface area contributed by atoms with E-state index in [0.29, 0.717) is 16.5 Å². The molecule has 0 atom stereocenters. The quantitative estimate of drug-likeness (QED) is 0.361. The highest BCUT2D eigenvalue weighted by atomic mass is 79.9. The van der Waals surface area contributed by atoms with Gasteiger partial charge in [-0.2, -0.15) is 0 Å². The highest BCUT2D eigenvalue weighted by molar-refractivity contribution is 9.09. The maximum Gasteiger partial charge on any atom is 0.193 e. The number of halogens is 1. The summed E-state index contributed by atoms with van der Waals surface area (Å²) in [7, 11) is 0. The fourth-order valence-electron chi connectivity index (χ4n) is 2.58. The average molecular weight is 425 g/mol. The number of rotatable bonds is 6. The minimum Gasteiger partial charge on any atom is -0.293 e. The smallest absolute Gasteiger partial charge is 0.193 e. The zero-order chi connectivity index (χ0) is 18.5. The van der Waals surface area contributed by atoms with E-state index in [9.17, 15) is 9.59 Å². The second kappa shape index (κ2) is 8.47. The van der Waals surface area contributed by atoms with Crippen molar-refractivity contribution in [2.24, 2.45) is 0 Å². The van der Waals surface area contributed by atoms with Crippen LogP contribution in [0.4, 0.5) is 0 Å². The summed E-state index contributed by atoms with van der Waals surface area (Å²) in [5.74, 6) is 0.109. The van der Waals surface area contributed by atoms with Crippen molar-refractivity contribution >= 4 is 39.3 Å². The van der Waals surface area contributed by atoms with E-state index >= 15 is 0 Å². The van der Waals surface area contributed by atoms with Crippen LogP contribution in [-0.4, -0.2) is 16.9 Å². The minimum absolute atomic E-state index is 0.0392. The van der Waals surface area contributed by atoms with Crippen molar-refractivity contribution in [3.63, 3.8) is 0 Å². The van der Waals surface area contributed by atoms with E-state index < -0.39 is 0 Å². The molecule has 0 aromatic heterocycles. The average Bonchev–Trinajstić information content (AvgIpc) is 2.68. The van der Waals surface area contributed by atoms with Crippen molar-refractivity contribution in [1.82, 2.24) is 0 Å². The summed E-state index contributed by atoms with van der Waals surface area (Å²) in [6.07, 6.45) is 0. The number of hydrogen-bond acceptors (Lipinski definition) is 3. The summed E-state index contributed by atoms with van der Waals surface area (Å²) in [5, 5.41) is 0.329. The van der Waals surface area contributed by atoms with Gasteiger partial charge in [-0.15, -0.1) is 0 Å². The molecule has 4 heteroatoms. The van der Waals surface area contributed by atoms with Crippen LogP contribution in [0.1, 0.15) is 31.8 Å². The van der Waals surface area contributed by atoms with Crippen LogP contribution in [0.3, 0.4) is 0 Å². The Morgan fingerprint density at radius 1 is 0.808 bits per heavy atom. The zero-order valence-electron chi connectivity index (χ0n) is 14.2. The molecule has 0 unspecified atom stereocenters. The summed E-state index contributed by atoms with van der Waals surface area (Å²) < 4.78 is 0. The lowest BCUT2D eigenvalue weighted by molar-refractivity contribution is 0.102. The third kappa shape index (κ3) is 4.32. The van der Waals surface area contributed by atoms with Gasteiger partial charge in [0, 0.05) is 26.5 Å². The van der Waals surface area contributed by atoms with E-state index in [-0.39, 0.29) is 11.6 Å². The standard InChI is InChI=1S/C22H17BrO2S/c1-15-4-2-3-5-20(15)22(25)17-8-12-19(13-9-17)26-18-10-6-16(7-11-18)21(24)14-23/h2-13H,14H2,1H3. The molecular formula is C22H17BrO2S. The van der Waals surface area contributed by atoms with Crippen LogP contribution in [0.5, 0.6) is 0 Å². The van der Waals surface area contributed by atoms with E-state index in [2.05, 4.69) is 15.9 Å². The van der Waals surface area contributed by atoms with Crippen LogP contribution < -0.4 is 0 Å². The van der Waals surface area contributed by atoms with Gasteiger partial charge >= 0.3 is 0 Å². The number of aryl methyl sites for hydroxylation is 1. The third-order valence-corrected chi connectivity index (χ3v) is 5.56. The number of carbonyl (C=O) groups is 2. The summed E-state index contributed by atoms with van der Waals surface area (Å²) in [4.78, 5) is 26.4.